The molecule has 0 aliphatic heterocycles. The molecule has 1 unspecified atom stereocenters. The van der Waals surface area contributed by atoms with Crippen LogP contribution in [0.2, 0.25) is 0 Å². The maximum Gasteiger partial charge on any atom is 0.122 e. The molecule has 0 spiro atoms. The Bertz CT molecular complexity index is 265. The molecule has 13 heavy (non-hydrogen) atoms. The van der Waals surface area contributed by atoms with Gasteiger partial charge in [0.25, 0.3) is 0 Å². The Labute approximate surface area is 76.8 Å². The third-order valence-electron chi connectivity index (χ3n) is 1.52. The van der Waals surface area contributed by atoms with Crippen LogP contribution in [0.15, 0.2) is 18.3 Å². The van der Waals surface area contributed by atoms with Crippen molar-refractivity contribution in [2.75, 3.05) is 13.2 Å². The standard InChI is InChI=1S/C9H13NO3/c1-7-4-9(2-3-10-7)13-6-8(12)5-11/h2-4,8,11-12H,5-6H2,1H3. The van der Waals surface area contributed by atoms with Gasteiger partial charge in [-0.1, -0.05) is 0 Å². The molecule has 1 heterocycles. The molecule has 0 saturated heterocycles. The van der Waals surface area contributed by atoms with E-state index in [0.29, 0.717) is 5.75 Å². The van der Waals surface area contributed by atoms with Crippen LogP contribution in [0.25, 0.3) is 0 Å². The van der Waals surface area contributed by atoms with Crippen LogP contribution in [0.4, 0.5) is 0 Å². The fourth-order valence-corrected chi connectivity index (χ4v) is 0.854. The van der Waals surface area contributed by atoms with E-state index in [4.69, 9.17) is 14.9 Å². The minimum atomic E-state index is -0.825. The number of hydrogen-bond donors (Lipinski definition) is 2. The molecule has 1 aromatic heterocycles. The highest BCUT2D eigenvalue weighted by Crippen LogP contribution is 2.09. The highest BCUT2D eigenvalue weighted by Gasteiger charge is 2.02. The molecule has 0 aliphatic rings. The van der Waals surface area contributed by atoms with Gasteiger partial charge in [0.15, 0.2) is 0 Å². The second kappa shape index (κ2) is 4.79. The summed E-state index contributed by atoms with van der Waals surface area (Å²) in [6, 6.07) is 3.47. The van der Waals surface area contributed by atoms with E-state index in [2.05, 4.69) is 4.98 Å². The van der Waals surface area contributed by atoms with Gasteiger partial charge in [-0.15, -0.1) is 0 Å². The van der Waals surface area contributed by atoms with Crippen molar-refractivity contribution in [3.63, 3.8) is 0 Å². The van der Waals surface area contributed by atoms with Crippen molar-refractivity contribution < 1.29 is 14.9 Å². The smallest absolute Gasteiger partial charge is 0.122 e. The number of rotatable bonds is 4. The van der Waals surface area contributed by atoms with Crippen LogP contribution >= 0.6 is 0 Å². The Morgan fingerprint density at radius 1 is 1.62 bits per heavy atom. The second-order valence-corrected chi connectivity index (χ2v) is 2.78. The van der Waals surface area contributed by atoms with Gasteiger partial charge in [-0.05, 0) is 13.0 Å². The summed E-state index contributed by atoms with van der Waals surface area (Å²) in [5.74, 6) is 0.653. The first kappa shape index (κ1) is 9.95. The number of nitrogens with zero attached hydrogens (tertiary/aromatic N) is 1. The predicted molar refractivity (Wildman–Crippen MR) is 47.6 cm³/mol. The topological polar surface area (TPSA) is 62.6 Å². The van der Waals surface area contributed by atoms with Crippen LogP contribution in [0, 0.1) is 6.92 Å². The third kappa shape index (κ3) is 3.40. The molecule has 0 amide bonds. The van der Waals surface area contributed by atoms with Crippen molar-refractivity contribution in [1.82, 2.24) is 4.98 Å². The van der Waals surface area contributed by atoms with Gasteiger partial charge in [-0.2, -0.15) is 0 Å². The van der Waals surface area contributed by atoms with Crippen molar-refractivity contribution >= 4 is 0 Å². The molecule has 0 aromatic carbocycles. The molecule has 4 nitrogen and oxygen atoms in total. The summed E-state index contributed by atoms with van der Waals surface area (Å²) in [6.45, 7) is 1.67. The first-order valence-electron chi connectivity index (χ1n) is 4.06. The second-order valence-electron chi connectivity index (χ2n) is 2.78. The number of aryl methyl sites for hydroxylation is 1. The van der Waals surface area contributed by atoms with E-state index in [1.54, 1.807) is 18.3 Å². The van der Waals surface area contributed by atoms with Crippen molar-refractivity contribution in [3.05, 3.63) is 24.0 Å². The molecule has 4 heteroatoms. The molecule has 2 N–H and O–H groups in total. The van der Waals surface area contributed by atoms with Crippen LogP contribution in [-0.4, -0.2) is 34.5 Å². The van der Waals surface area contributed by atoms with Gasteiger partial charge in [-0.3, -0.25) is 4.98 Å². The highest BCUT2D eigenvalue weighted by molar-refractivity contribution is 5.21. The lowest BCUT2D eigenvalue weighted by molar-refractivity contribution is 0.0535. The molecule has 72 valence electrons. The van der Waals surface area contributed by atoms with E-state index in [1.807, 2.05) is 6.92 Å². The molecular formula is C9H13NO3. The van der Waals surface area contributed by atoms with E-state index < -0.39 is 6.10 Å². The number of aromatic nitrogens is 1. The maximum atomic E-state index is 9.00. The van der Waals surface area contributed by atoms with Gasteiger partial charge in [0, 0.05) is 18.0 Å². The lowest BCUT2D eigenvalue weighted by Gasteiger charge is -2.09. The third-order valence-corrected chi connectivity index (χ3v) is 1.52. The monoisotopic (exact) mass is 183 g/mol. The molecule has 0 radical (unpaired) electrons. The molecular weight excluding hydrogens is 170 g/mol. The predicted octanol–water partition coefficient (Wildman–Crippen LogP) is 0.122. The van der Waals surface area contributed by atoms with E-state index in [1.165, 1.54) is 0 Å². The summed E-state index contributed by atoms with van der Waals surface area (Å²) >= 11 is 0. The summed E-state index contributed by atoms with van der Waals surface area (Å²) in [7, 11) is 0. The Balaban J connectivity index is 2.45. The minimum Gasteiger partial charge on any atom is -0.491 e. The molecule has 1 rings (SSSR count). The maximum absolute atomic E-state index is 9.00. The van der Waals surface area contributed by atoms with Crippen molar-refractivity contribution in [3.8, 4) is 5.75 Å². The zero-order valence-electron chi connectivity index (χ0n) is 7.47. The van der Waals surface area contributed by atoms with Crippen LogP contribution in [0.5, 0.6) is 5.75 Å². The Kier molecular flexibility index (Phi) is 3.67. The van der Waals surface area contributed by atoms with Gasteiger partial charge in [-0.25, -0.2) is 0 Å². The zero-order chi connectivity index (χ0) is 9.68. The van der Waals surface area contributed by atoms with E-state index >= 15 is 0 Å². The van der Waals surface area contributed by atoms with Crippen LogP contribution in [-0.2, 0) is 0 Å². The number of hydrogen-bond acceptors (Lipinski definition) is 4. The number of ether oxygens (including phenoxy) is 1. The fourth-order valence-electron chi connectivity index (χ4n) is 0.854. The lowest BCUT2D eigenvalue weighted by atomic mass is 10.3. The van der Waals surface area contributed by atoms with E-state index in [0.717, 1.165) is 5.69 Å². The molecule has 0 saturated carbocycles. The Hall–Kier alpha value is -1.13. The summed E-state index contributed by atoms with van der Waals surface area (Å²) in [5.41, 5.74) is 0.857. The van der Waals surface area contributed by atoms with Gasteiger partial charge >= 0.3 is 0 Å². The quantitative estimate of drug-likeness (QED) is 0.696. The highest BCUT2D eigenvalue weighted by atomic mass is 16.5. The average molecular weight is 183 g/mol. The summed E-state index contributed by atoms with van der Waals surface area (Å²) in [4.78, 5) is 4.00. The summed E-state index contributed by atoms with van der Waals surface area (Å²) in [5, 5.41) is 17.5. The van der Waals surface area contributed by atoms with E-state index in [9.17, 15) is 0 Å². The van der Waals surface area contributed by atoms with Crippen molar-refractivity contribution in [2.45, 2.75) is 13.0 Å². The number of pyridine rings is 1. The van der Waals surface area contributed by atoms with Gasteiger partial charge in [0.05, 0.1) is 6.61 Å². The minimum absolute atomic E-state index is 0.0972. The largest absolute Gasteiger partial charge is 0.491 e. The fraction of sp³-hybridized carbons (Fsp3) is 0.444. The number of aliphatic hydroxyl groups is 2. The molecule has 1 aromatic rings. The molecule has 0 fully saturated rings. The molecule has 0 aliphatic carbocycles. The van der Waals surface area contributed by atoms with Crippen LogP contribution in [0.1, 0.15) is 5.69 Å². The van der Waals surface area contributed by atoms with E-state index in [-0.39, 0.29) is 13.2 Å². The Morgan fingerprint density at radius 2 is 2.38 bits per heavy atom. The van der Waals surface area contributed by atoms with Crippen LogP contribution < -0.4 is 4.74 Å². The van der Waals surface area contributed by atoms with Crippen LogP contribution in [0.3, 0.4) is 0 Å². The summed E-state index contributed by atoms with van der Waals surface area (Å²) < 4.78 is 5.19. The average Bonchev–Trinajstić information content (AvgIpc) is 2.14. The van der Waals surface area contributed by atoms with Gasteiger partial charge in [0.1, 0.15) is 18.5 Å². The number of aliphatic hydroxyl groups excluding tert-OH is 2. The van der Waals surface area contributed by atoms with Gasteiger partial charge < -0.3 is 14.9 Å². The first-order chi connectivity index (χ1) is 6.22. The Morgan fingerprint density at radius 3 is 3.00 bits per heavy atom. The van der Waals surface area contributed by atoms with Gasteiger partial charge in [0.2, 0.25) is 0 Å². The normalized spacial score (nSPS) is 12.5. The van der Waals surface area contributed by atoms with Crippen molar-refractivity contribution in [1.29, 1.82) is 0 Å². The molecule has 0 bridgehead atoms. The van der Waals surface area contributed by atoms with Crippen molar-refractivity contribution in [2.24, 2.45) is 0 Å². The molecule has 1 atom stereocenters. The lowest BCUT2D eigenvalue weighted by Crippen LogP contribution is -2.21. The summed E-state index contributed by atoms with van der Waals surface area (Å²) in [6.07, 6.45) is 0.809. The first-order valence-corrected chi connectivity index (χ1v) is 4.06. The zero-order valence-corrected chi connectivity index (χ0v) is 7.47. The SMILES string of the molecule is Cc1cc(OCC(O)CO)ccn1.